The number of hydrogen-bond acceptors (Lipinski definition) is 6. The SMILES string of the molecule is COCCn1cncc1CNc1cc(C(=O)OC)ccc1N. The minimum absolute atomic E-state index is 0.395. The van der Waals surface area contributed by atoms with E-state index in [1.54, 1.807) is 37.8 Å². The molecule has 0 aliphatic carbocycles. The second kappa shape index (κ2) is 7.46. The number of benzene rings is 1. The molecule has 3 N–H and O–H groups in total. The summed E-state index contributed by atoms with van der Waals surface area (Å²) in [7, 11) is 3.01. The third-order valence-electron chi connectivity index (χ3n) is 3.27. The minimum Gasteiger partial charge on any atom is -0.465 e. The smallest absolute Gasteiger partial charge is 0.337 e. The topological polar surface area (TPSA) is 91.4 Å². The summed E-state index contributed by atoms with van der Waals surface area (Å²) in [6, 6.07) is 4.99. The second-order valence-electron chi connectivity index (χ2n) is 4.72. The van der Waals surface area contributed by atoms with Crippen LogP contribution in [0.25, 0.3) is 0 Å². The van der Waals surface area contributed by atoms with Gasteiger partial charge in [-0.25, -0.2) is 9.78 Å². The maximum atomic E-state index is 11.6. The number of aromatic nitrogens is 2. The number of methoxy groups -OCH3 is 2. The van der Waals surface area contributed by atoms with Crippen molar-refractivity contribution in [3.05, 3.63) is 42.0 Å². The molecule has 0 spiro atoms. The van der Waals surface area contributed by atoms with Crippen molar-refractivity contribution >= 4 is 17.3 Å². The molecule has 0 aliphatic rings. The highest BCUT2D eigenvalue weighted by Crippen LogP contribution is 2.21. The summed E-state index contributed by atoms with van der Waals surface area (Å²) in [5, 5.41) is 3.22. The number of nitrogens with zero attached hydrogens (tertiary/aromatic N) is 2. The molecule has 118 valence electrons. The van der Waals surface area contributed by atoms with Crippen molar-refractivity contribution in [1.29, 1.82) is 0 Å². The number of anilines is 2. The van der Waals surface area contributed by atoms with E-state index in [-0.39, 0.29) is 0 Å². The number of rotatable bonds is 7. The van der Waals surface area contributed by atoms with E-state index in [0.717, 1.165) is 12.2 Å². The van der Waals surface area contributed by atoms with Crippen LogP contribution in [0.2, 0.25) is 0 Å². The largest absolute Gasteiger partial charge is 0.465 e. The molecule has 2 rings (SSSR count). The van der Waals surface area contributed by atoms with Crippen molar-refractivity contribution in [2.45, 2.75) is 13.1 Å². The summed E-state index contributed by atoms with van der Waals surface area (Å²) >= 11 is 0. The van der Waals surface area contributed by atoms with E-state index in [1.165, 1.54) is 7.11 Å². The Hall–Kier alpha value is -2.54. The molecule has 1 heterocycles. The first-order chi connectivity index (χ1) is 10.7. The first-order valence-electron chi connectivity index (χ1n) is 6.85. The van der Waals surface area contributed by atoms with Gasteiger partial charge in [-0.1, -0.05) is 0 Å². The number of esters is 1. The molecule has 7 nitrogen and oxygen atoms in total. The molecule has 0 saturated heterocycles. The third kappa shape index (κ3) is 3.76. The average molecular weight is 304 g/mol. The number of imidazole rings is 1. The zero-order valence-corrected chi connectivity index (χ0v) is 12.7. The molecule has 0 saturated carbocycles. The van der Waals surface area contributed by atoms with Gasteiger partial charge in [-0.3, -0.25) is 0 Å². The van der Waals surface area contributed by atoms with Gasteiger partial charge in [0.25, 0.3) is 0 Å². The van der Waals surface area contributed by atoms with Gasteiger partial charge in [0.2, 0.25) is 0 Å². The number of nitrogens with one attached hydrogen (secondary N) is 1. The van der Waals surface area contributed by atoms with Gasteiger partial charge in [-0.05, 0) is 18.2 Å². The Labute approximate surface area is 129 Å². The fourth-order valence-corrected chi connectivity index (χ4v) is 2.03. The quantitative estimate of drug-likeness (QED) is 0.595. The molecule has 1 aromatic heterocycles. The monoisotopic (exact) mass is 304 g/mol. The Kier molecular flexibility index (Phi) is 5.37. The normalized spacial score (nSPS) is 10.5. The number of carbonyl (C=O) groups excluding carboxylic acids is 1. The summed E-state index contributed by atoms with van der Waals surface area (Å²) < 4.78 is 11.8. The number of nitrogens with two attached hydrogens (primary N) is 1. The van der Waals surface area contributed by atoms with E-state index >= 15 is 0 Å². The zero-order chi connectivity index (χ0) is 15.9. The Morgan fingerprint density at radius 3 is 2.95 bits per heavy atom. The molecule has 2 aromatic rings. The average Bonchev–Trinajstić information content (AvgIpc) is 2.98. The van der Waals surface area contributed by atoms with Gasteiger partial charge in [0.05, 0.1) is 49.2 Å². The van der Waals surface area contributed by atoms with Crippen LogP contribution >= 0.6 is 0 Å². The number of ether oxygens (including phenoxy) is 2. The Balaban J connectivity index is 2.08. The van der Waals surface area contributed by atoms with Crippen LogP contribution in [0.3, 0.4) is 0 Å². The van der Waals surface area contributed by atoms with Crippen molar-refractivity contribution in [1.82, 2.24) is 9.55 Å². The van der Waals surface area contributed by atoms with Crippen molar-refractivity contribution < 1.29 is 14.3 Å². The molecule has 0 amide bonds. The van der Waals surface area contributed by atoms with Crippen LogP contribution in [-0.2, 0) is 22.6 Å². The van der Waals surface area contributed by atoms with Gasteiger partial charge in [-0.15, -0.1) is 0 Å². The number of hydrogen-bond donors (Lipinski definition) is 2. The highest BCUT2D eigenvalue weighted by Gasteiger charge is 2.09. The van der Waals surface area contributed by atoms with Crippen molar-refractivity contribution in [3.8, 4) is 0 Å². The van der Waals surface area contributed by atoms with Crippen LogP contribution in [0.15, 0.2) is 30.7 Å². The molecule has 1 aromatic carbocycles. The van der Waals surface area contributed by atoms with Gasteiger partial charge in [-0.2, -0.15) is 0 Å². The van der Waals surface area contributed by atoms with E-state index in [2.05, 4.69) is 10.3 Å². The Bertz CT molecular complexity index is 639. The van der Waals surface area contributed by atoms with Crippen LogP contribution in [0.4, 0.5) is 11.4 Å². The Morgan fingerprint density at radius 1 is 1.41 bits per heavy atom. The molecule has 0 aliphatic heterocycles. The van der Waals surface area contributed by atoms with Crippen molar-refractivity contribution in [3.63, 3.8) is 0 Å². The lowest BCUT2D eigenvalue weighted by Crippen LogP contribution is -2.11. The van der Waals surface area contributed by atoms with E-state index in [9.17, 15) is 4.79 Å². The summed E-state index contributed by atoms with van der Waals surface area (Å²) in [6.45, 7) is 1.88. The first kappa shape index (κ1) is 15.8. The van der Waals surface area contributed by atoms with Crippen LogP contribution in [-0.4, -0.2) is 36.3 Å². The van der Waals surface area contributed by atoms with E-state index in [4.69, 9.17) is 15.2 Å². The minimum atomic E-state index is -0.395. The Morgan fingerprint density at radius 2 is 2.23 bits per heavy atom. The van der Waals surface area contributed by atoms with Crippen LogP contribution in [0, 0.1) is 0 Å². The molecule has 0 atom stereocenters. The van der Waals surface area contributed by atoms with Crippen LogP contribution < -0.4 is 11.1 Å². The van der Waals surface area contributed by atoms with Crippen molar-refractivity contribution in [2.24, 2.45) is 0 Å². The second-order valence-corrected chi connectivity index (χ2v) is 4.72. The van der Waals surface area contributed by atoms with Gasteiger partial charge >= 0.3 is 5.97 Å². The summed E-state index contributed by atoms with van der Waals surface area (Å²) in [5.74, 6) is -0.395. The lowest BCUT2D eigenvalue weighted by atomic mass is 10.1. The van der Waals surface area contributed by atoms with E-state index < -0.39 is 5.97 Å². The van der Waals surface area contributed by atoms with Crippen LogP contribution in [0.5, 0.6) is 0 Å². The maximum Gasteiger partial charge on any atom is 0.337 e. The summed E-state index contributed by atoms with van der Waals surface area (Å²) in [6.07, 6.45) is 3.53. The highest BCUT2D eigenvalue weighted by molar-refractivity contribution is 5.91. The number of nitrogen functional groups attached to an aromatic ring is 1. The fourth-order valence-electron chi connectivity index (χ4n) is 2.03. The van der Waals surface area contributed by atoms with Crippen LogP contribution in [0.1, 0.15) is 16.1 Å². The lowest BCUT2D eigenvalue weighted by molar-refractivity contribution is 0.0601. The molecule has 0 bridgehead atoms. The zero-order valence-electron chi connectivity index (χ0n) is 12.7. The predicted molar refractivity (Wildman–Crippen MR) is 83.6 cm³/mol. The fraction of sp³-hybridized carbons (Fsp3) is 0.333. The maximum absolute atomic E-state index is 11.6. The van der Waals surface area contributed by atoms with E-state index in [1.807, 2.05) is 4.57 Å². The predicted octanol–water partition coefficient (Wildman–Crippen LogP) is 1.51. The highest BCUT2D eigenvalue weighted by atomic mass is 16.5. The molecule has 0 unspecified atom stereocenters. The lowest BCUT2D eigenvalue weighted by Gasteiger charge is -2.12. The van der Waals surface area contributed by atoms with Gasteiger partial charge in [0.15, 0.2) is 0 Å². The molecule has 22 heavy (non-hydrogen) atoms. The molecule has 0 fully saturated rings. The van der Waals surface area contributed by atoms with Gasteiger partial charge < -0.3 is 25.1 Å². The molecule has 0 radical (unpaired) electrons. The van der Waals surface area contributed by atoms with Gasteiger partial charge in [0.1, 0.15) is 0 Å². The molecule has 7 heteroatoms. The molecular weight excluding hydrogens is 284 g/mol. The number of carbonyl (C=O) groups is 1. The first-order valence-corrected chi connectivity index (χ1v) is 6.85. The van der Waals surface area contributed by atoms with E-state index in [0.29, 0.717) is 30.1 Å². The summed E-state index contributed by atoms with van der Waals surface area (Å²) in [5.41, 5.74) is 8.63. The van der Waals surface area contributed by atoms with Gasteiger partial charge in [0, 0.05) is 19.9 Å². The molecular formula is C15H20N4O3. The summed E-state index contributed by atoms with van der Waals surface area (Å²) in [4.78, 5) is 15.7. The third-order valence-corrected chi connectivity index (χ3v) is 3.27. The standard InChI is InChI=1S/C15H20N4O3/c1-21-6-5-19-10-17-8-12(19)9-18-14-7-11(15(20)22-2)3-4-13(14)16/h3-4,7-8,10,18H,5-6,9,16H2,1-2H3. The van der Waals surface area contributed by atoms with Crippen molar-refractivity contribution in [2.75, 3.05) is 31.9 Å².